The normalized spacial score (nSPS) is 14.5. The number of rotatable bonds is 3. The Bertz CT molecular complexity index is 711. The molecular weight excluding hydrogens is 336 g/mol. The van der Waals surface area contributed by atoms with Crippen LogP contribution >= 0.6 is 23.1 Å². The summed E-state index contributed by atoms with van der Waals surface area (Å²) in [5.74, 6) is 1.92. The highest BCUT2D eigenvalue weighted by Crippen LogP contribution is 2.26. The maximum atomic E-state index is 12.1. The van der Waals surface area contributed by atoms with E-state index >= 15 is 0 Å². The maximum Gasteiger partial charge on any atom is 0.323 e. The lowest BCUT2D eigenvalue weighted by Crippen LogP contribution is -2.40. The third-order valence-corrected chi connectivity index (χ3v) is 5.09. The van der Waals surface area contributed by atoms with Gasteiger partial charge < -0.3 is 4.90 Å². The molecule has 0 aliphatic carbocycles. The smallest absolute Gasteiger partial charge is 0.323 e. The Balaban J connectivity index is 1.67. The van der Waals surface area contributed by atoms with Gasteiger partial charge in [0.25, 0.3) is 5.69 Å². The van der Waals surface area contributed by atoms with Crippen LogP contribution in [0, 0.1) is 10.1 Å². The van der Waals surface area contributed by atoms with Crippen LogP contribution in [0.1, 0.15) is 0 Å². The summed E-state index contributed by atoms with van der Waals surface area (Å²) in [6.07, 6.45) is 0. The van der Waals surface area contributed by atoms with Crippen LogP contribution in [0.15, 0.2) is 29.6 Å². The lowest BCUT2D eigenvalue weighted by atomic mass is 10.1. The van der Waals surface area contributed by atoms with E-state index < -0.39 is 4.92 Å². The van der Waals surface area contributed by atoms with Crippen molar-refractivity contribution in [2.45, 2.75) is 0 Å². The number of non-ortho nitro benzene ring substituents is 1. The average Bonchev–Trinajstić information content (AvgIpc) is 3.04. The summed E-state index contributed by atoms with van der Waals surface area (Å²) in [5.41, 5.74) is 1.51. The molecule has 2 heterocycles. The molecule has 2 amide bonds. The largest absolute Gasteiger partial charge is 0.323 e. The number of nitrogens with one attached hydrogen (secondary N) is 1. The minimum atomic E-state index is -0.437. The van der Waals surface area contributed by atoms with Gasteiger partial charge in [0.05, 0.1) is 10.6 Å². The lowest BCUT2D eigenvalue weighted by Gasteiger charge is -2.25. The summed E-state index contributed by atoms with van der Waals surface area (Å²) >= 11 is 3.18. The van der Waals surface area contributed by atoms with Crippen LogP contribution in [0.3, 0.4) is 0 Å². The van der Waals surface area contributed by atoms with Gasteiger partial charge in [0, 0.05) is 47.7 Å². The SMILES string of the molecule is O=C(Nc1nc(-c2ccc([N+](=O)[O-])cc2)cs1)N1CCSCC1. The van der Waals surface area contributed by atoms with E-state index in [1.54, 1.807) is 17.0 Å². The number of carbonyl (C=O) groups is 1. The van der Waals surface area contributed by atoms with Crippen LogP contribution in [0.4, 0.5) is 15.6 Å². The summed E-state index contributed by atoms with van der Waals surface area (Å²) in [5, 5.41) is 15.8. The number of aromatic nitrogens is 1. The Morgan fingerprint density at radius 2 is 1.96 bits per heavy atom. The molecule has 0 bridgehead atoms. The third-order valence-electron chi connectivity index (χ3n) is 3.39. The van der Waals surface area contributed by atoms with Gasteiger partial charge in [-0.25, -0.2) is 9.78 Å². The molecule has 1 aromatic heterocycles. The Hall–Kier alpha value is -2.13. The first-order chi connectivity index (χ1) is 11.1. The van der Waals surface area contributed by atoms with Crippen molar-refractivity contribution in [2.75, 3.05) is 29.9 Å². The molecule has 3 rings (SSSR count). The number of nitro groups is 1. The fourth-order valence-corrected chi connectivity index (χ4v) is 3.77. The molecular formula is C14H14N4O3S2. The van der Waals surface area contributed by atoms with Gasteiger partial charge in [-0.1, -0.05) is 0 Å². The number of thioether (sulfide) groups is 1. The quantitative estimate of drug-likeness (QED) is 0.678. The van der Waals surface area contributed by atoms with Crippen LogP contribution in [0.5, 0.6) is 0 Å². The highest BCUT2D eigenvalue weighted by atomic mass is 32.2. The molecule has 120 valence electrons. The average molecular weight is 350 g/mol. The van der Waals surface area contributed by atoms with E-state index in [9.17, 15) is 14.9 Å². The van der Waals surface area contributed by atoms with Crippen molar-refractivity contribution in [3.05, 3.63) is 39.8 Å². The van der Waals surface area contributed by atoms with Crippen LogP contribution in [0.2, 0.25) is 0 Å². The fourth-order valence-electron chi connectivity index (χ4n) is 2.15. The zero-order valence-corrected chi connectivity index (χ0v) is 13.7. The van der Waals surface area contributed by atoms with Crippen LogP contribution in [0.25, 0.3) is 11.3 Å². The number of amides is 2. The predicted molar refractivity (Wildman–Crippen MR) is 92.1 cm³/mol. The number of hydrogen-bond acceptors (Lipinski definition) is 6. The monoisotopic (exact) mass is 350 g/mol. The van der Waals surface area contributed by atoms with E-state index in [4.69, 9.17) is 0 Å². The highest BCUT2D eigenvalue weighted by Gasteiger charge is 2.18. The second-order valence-corrected chi connectivity index (χ2v) is 6.95. The van der Waals surface area contributed by atoms with Crippen molar-refractivity contribution >= 4 is 39.9 Å². The molecule has 0 spiro atoms. The standard InChI is InChI=1S/C14H14N4O3S2/c19-14(17-5-7-22-8-6-17)16-13-15-12(9-23-13)10-1-3-11(4-2-10)18(20)21/h1-4,9H,5-8H2,(H,15,16,19). The van der Waals surface area contributed by atoms with Gasteiger partial charge in [-0.05, 0) is 12.1 Å². The molecule has 23 heavy (non-hydrogen) atoms. The molecule has 1 saturated heterocycles. The molecule has 0 atom stereocenters. The molecule has 1 fully saturated rings. The summed E-state index contributed by atoms with van der Waals surface area (Å²) in [6, 6.07) is 6.06. The summed E-state index contributed by atoms with van der Waals surface area (Å²) in [7, 11) is 0. The van der Waals surface area contributed by atoms with Gasteiger partial charge in [-0.15, -0.1) is 11.3 Å². The second kappa shape index (κ2) is 6.97. The second-order valence-electron chi connectivity index (χ2n) is 4.87. The number of carbonyl (C=O) groups excluding carboxylic acids is 1. The van der Waals surface area contributed by atoms with Gasteiger partial charge in [0.15, 0.2) is 5.13 Å². The van der Waals surface area contributed by atoms with Crippen molar-refractivity contribution in [2.24, 2.45) is 0 Å². The molecule has 1 aromatic carbocycles. The van der Waals surface area contributed by atoms with E-state index in [-0.39, 0.29) is 11.7 Å². The van der Waals surface area contributed by atoms with Crippen LogP contribution in [-0.2, 0) is 0 Å². The van der Waals surface area contributed by atoms with Gasteiger partial charge in [0.2, 0.25) is 0 Å². The molecule has 0 saturated carbocycles. The molecule has 0 radical (unpaired) electrons. The van der Waals surface area contributed by atoms with Crippen molar-refractivity contribution in [3.63, 3.8) is 0 Å². The molecule has 7 nitrogen and oxygen atoms in total. The third kappa shape index (κ3) is 3.80. The zero-order chi connectivity index (χ0) is 16.2. The molecule has 2 aromatic rings. The Morgan fingerprint density at radius 3 is 2.61 bits per heavy atom. The molecule has 1 aliphatic heterocycles. The van der Waals surface area contributed by atoms with Crippen molar-refractivity contribution in [1.82, 2.24) is 9.88 Å². The molecule has 0 unspecified atom stereocenters. The number of hydrogen-bond donors (Lipinski definition) is 1. The van der Waals surface area contributed by atoms with Crippen molar-refractivity contribution < 1.29 is 9.72 Å². The topological polar surface area (TPSA) is 88.4 Å². The lowest BCUT2D eigenvalue weighted by molar-refractivity contribution is -0.384. The van der Waals surface area contributed by atoms with E-state index in [1.807, 2.05) is 17.1 Å². The Morgan fingerprint density at radius 1 is 1.26 bits per heavy atom. The summed E-state index contributed by atoms with van der Waals surface area (Å²) in [6.45, 7) is 1.49. The van der Waals surface area contributed by atoms with Crippen molar-refractivity contribution in [3.8, 4) is 11.3 Å². The van der Waals surface area contributed by atoms with Crippen molar-refractivity contribution in [1.29, 1.82) is 0 Å². The first-order valence-electron chi connectivity index (χ1n) is 6.97. The predicted octanol–water partition coefficient (Wildman–Crippen LogP) is 3.30. The summed E-state index contributed by atoms with van der Waals surface area (Å²) in [4.78, 5) is 28.5. The zero-order valence-electron chi connectivity index (χ0n) is 12.1. The highest BCUT2D eigenvalue weighted by molar-refractivity contribution is 7.99. The number of nitrogens with zero attached hydrogens (tertiary/aromatic N) is 3. The fraction of sp³-hybridized carbons (Fsp3) is 0.286. The minimum absolute atomic E-state index is 0.0421. The van der Waals surface area contributed by atoms with Gasteiger partial charge >= 0.3 is 6.03 Å². The maximum absolute atomic E-state index is 12.1. The van der Waals surface area contributed by atoms with E-state index in [0.29, 0.717) is 10.8 Å². The van der Waals surface area contributed by atoms with Gasteiger partial charge in [-0.2, -0.15) is 11.8 Å². The van der Waals surface area contributed by atoms with Gasteiger partial charge in [-0.3, -0.25) is 15.4 Å². The number of anilines is 1. The Kier molecular flexibility index (Phi) is 4.77. The van der Waals surface area contributed by atoms with Gasteiger partial charge in [0.1, 0.15) is 0 Å². The first kappa shape index (κ1) is 15.8. The molecule has 9 heteroatoms. The number of benzene rings is 1. The molecule has 1 aliphatic rings. The van der Waals surface area contributed by atoms with Crippen LogP contribution in [-0.4, -0.2) is 45.4 Å². The van der Waals surface area contributed by atoms with Crippen LogP contribution < -0.4 is 5.32 Å². The van der Waals surface area contributed by atoms with E-state index in [1.165, 1.54) is 23.5 Å². The first-order valence-corrected chi connectivity index (χ1v) is 9.01. The number of thiazole rings is 1. The van der Waals surface area contributed by atoms with E-state index in [2.05, 4.69) is 10.3 Å². The molecule has 1 N–H and O–H groups in total. The Labute approximate surface area is 140 Å². The minimum Gasteiger partial charge on any atom is -0.323 e. The number of urea groups is 1. The summed E-state index contributed by atoms with van der Waals surface area (Å²) < 4.78 is 0. The number of nitro benzene ring substituents is 1. The van der Waals surface area contributed by atoms with E-state index in [0.717, 1.165) is 30.2 Å².